The topological polar surface area (TPSA) is 41.6 Å². The Labute approximate surface area is 116 Å². The molecule has 0 bridgehead atoms. The first-order valence-corrected chi connectivity index (χ1v) is 7.64. The molecule has 0 unspecified atom stereocenters. The van der Waals surface area contributed by atoms with Crippen LogP contribution in [0.2, 0.25) is 0 Å². The van der Waals surface area contributed by atoms with Crippen molar-refractivity contribution in [2.24, 2.45) is 11.8 Å². The number of likely N-dealkylation sites (tertiary alicyclic amines) is 1. The number of carbonyl (C=O) groups excluding carboxylic acids is 1. The van der Waals surface area contributed by atoms with Gasteiger partial charge in [0.15, 0.2) is 0 Å². The molecule has 2 saturated heterocycles. The lowest BCUT2D eigenvalue weighted by Gasteiger charge is -2.39. The number of hydrogen-bond acceptors (Lipinski definition) is 3. The second-order valence-corrected chi connectivity index (χ2v) is 6.94. The third kappa shape index (κ3) is 4.37. The van der Waals surface area contributed by atoms with Gasteiger partial charge in [-0.1, -0.05) is 0 Å². The Morgan fingerprint density at radius 1 is 1.21 bits per heavy atom. The highest BCUT2D eigenvalue weighted by Gasteiger charge is 2.32. The fraction of sp³-hybridized carbons (Fsp3) is 0.933. The summed E-state index contributed by atoms with van der Waals surface area (Å²) in [6, 6.07) is 0. The molecule has 2 heterocycles. The minimum Gasteiger partial charge on any atom is -0.444 e. The molecule has 2 rings (SSSR count). The lowest BCUT2D eigenvalue weighted by molar-refractivity contribution is 0.0120. The van der Waals surface area contributed by atoms with Crippen LogP contribution in [0.25, 0.3) is 0 Å². The first kappa shape index (κ1) is 14.6. The predicted molar refractivity (Wildman–Crippen MR) is 76.1 cm³/mol. The van der Waals surface area contributed by atoms with Gasteiger partial charge in [-0.15, -0.1) is 0 Å². The van der Waals surface area contributed by atoms with Gasteiger partial charge in [-0.05, 0) is 71.4 Å². The summed E-state index contributed by atoms with van der Waals surface area (Å²) in [5, 5.41) is 3.48. The summed E-state index contributed by atoms with van der Waals surface area (Å²) in [4.78, 5) is 14.0. The summed E-state index contributed by atoms with van der Waals surface area (Å²) < 4.78 is 5.48. The zero-order valence-electron chi connectivity index (χ0n) is 12.6. The molecule has 4 nitrogen and oxygen atoms in total. The minimum absolute atomic E-state index is 0.138. The van der Waals surface area contributed by atoms with Gasteiger partial charge in [0.2, 0.25) is 0 Å². The van der Waals surface area contributed by atoms with Crippen molar-refractivity contribution in [1.82, 2.24) is 10.2 Å². The number of nitrogens with zero attached hydrogens (tertiary/aromatic N) is 1. The van der Waals surface area contributed by atoms with Crippen molar-refractivity contribution in [1.29, 1.82) is 0 Å². The largest absolute Gasteiger partial charge is 0.444 e. The molecule has 110 valence electrons. The monoisotopic (exact) mass is 268 g/mol. The van der Waals surface area contributed by atoms with Gasteiger partial charge in [0.25, 0.3) is 0 Å². The molecule has 0 aromatic heterocycles. The van der Waals surface area contributed by atoms with Crippen LogP contribution in [-0.2, 0) is 4.74 Å². The van der Waals surface area contributed by atoms with E-state index in [-0.39, 0.29) is 6.09 Å². The van der Waals surface area contributed by atoms with E-state index in [0.717, 1.165) is 38.5 Å². The van der Waals surface area contributed by atoms with Gasteiger partial charge in [0, 0.05) is 13.1 Å². The van der Waals surface area contributed by atoms with Crippen LogP contribution in [0, 0.1) is 11.8 Å². The number of hydrogen-bond donors (Lipinski definition) is 1. The van der Waals surface area contributed by atoms with Crippen molar-refractivity contribution in [2.45, 2.75) is 52.1 Å². The summed E-state index contributed by atoms with van der Waals surface area (Å²) in [5.74, 6) is 1.38. The Bertz CT molecular complexity index is 306. The van der Waals surface area contributed by atoms with E-state index < -0.39 is 5.60 Å². The van der Waals surface area contributed by atoms with E-state index in [1.807, 2.05) is 25.7 Å². The number of rotatable bonds is 1. The zero-order valence-corrected chi connectivity index (χ0v) is 12.6. The van der Waals surface area contributed by atoms with Crippen molar-refractivity contribution >= 4 is 6.09 Å². The van der Waals surface area contributed by atoms with Gasteiger partial charge in [0.05, 0.1) is 0 Å². The van der Waals surface area contributed by atoms with Crippen LogP contribution in [-0.4, -0.2) is 42.8 Å². The first-order valence-electron chi connectivity index (χ1n) is 7.64. The van der Waals surface area contributed by atoms with Crippen LogP contribution in [0.15, 0.2) is 0 Å². The van der Waals surface area contributed by atoms with Crippen LogP contribution in [0.1, 0.15) is 46.5 Å². The van der Waals surface area contributed by atoms with Crippen LogP contribution < -0.4 is 5.32 Å². The Kier molecular flexibility index (Phi) is 4.71. The number of ether oxygens (including phenoxy) is 1. The van der Waals surface area contributed by atoms with Crippen LogP contribution >= 0.6 is 0 Å². The van der Waals surface area contributed by atoms with Crippen molar-refractivity contribution in [3.8, 4) is 0 Å². The van der Waals surface area contributed by atoms with Gasteiger partial charge >= 0.3 is 6.09 Å². The van der Waals surface area contributed by atoms with E-state index in [2.05, 4.69) is 5.32 Å². The lowest BCUT2D eigenvalue weighted by Crippen LogP contribution is -2.46. The van der Waals surface area contributed by atoms with E-state index in [1.54, 1.807) is 0 Å². The van der Waals surface area contributed by atoms with Crippen molar-refractivity contribution in [2.75, 3.05) is 26.2 Å². The van der Waals surface area contributed by atoms with Gasteiger partial charge in [-0.2, -0.15) is 0 Å². The average Bonchev–Trinajstić information content (AvgIpc) is 2.38. The molecule has 19 heavy (non-hydrogen) atoms. The maximum atomic E-state index is 12.1. The molecule has 0 aromatic carbocycles. The highest BCUT2D eigenvalue weighted by molar-refractivity contribution is 5.68. The molecule has 0 spiro atoms. The molecule has 0 saturated carbocycles. The van der Waals surface area contributed by atoms with E-state index in [1.165, 1.54) is 19.3 Å². The summed E-state index contributed by atoms with van der Waals surface area (Å²) in [7, 11) is 0. The van der Waals surface area contributed by atoms with Crippen molar-refractivity contribution in [3.63, 3.8) is 0 Å². The van der Waals surface area contributed by atoms with Crippen LogP contribution in [0.3, 0.4) is 0 Å². The molecule has 0 aliphatic carbocycles. The summed E-state index contributed by atoms with van der Waals surface area (Å²) in [5.41, 5.74) is -0.392. The van der Waals surface area contributed by atoms with Crippen LogP contribution in [0.4, 0.5) is 4.79 Å². The third-order valence-corrected chi connectivity index (χ3v) is 4.11. The third-order valence-electron chi connectivity index (χ3n) is 4.11. The molecule has 2 aliphatic heterocycles. The number of carbonyl (C=O) groups is 1. The van der Waals surface area contributed by atoms with E-state index in [0.29, 0.717) is 5.92 Å². The smallest absolute Gasteiger partial charge is 0.410 e. The SMILES string of the molecule is CC(C)(C)OC(=O)N1CCC[C@@H]([C@H]2CCCNC2)C1. The van der Waals surface area contributed by atoms with E-state index in [4.69, 9.17) is 4.74 Å². The predicted octanol–water partition coefficient (Wildman–Crippen LogP) is 2.63. The Morgan fingerprint density at radius 2 is 1.95 bits per heavy atom. The van der Waals surface area contributed by atoms with E-state index >= 15 is 0 Å². The summed E-state index contributed by atoms with van der Waals surface area (Å²) in [6.07, 6.45) is 4.81. The first-order chi connectivity index (χ1) is 8.96. The van der Waals surface area contributed by atoms with Gasteiger partial charge < -0.3 is 15.0 Å². The number of piperidine rings is 2. The Morgan fingerprint density at radius 3 is 2.58 bits per heavy atom. The maximum Gasteiger partial charge on any atom is 0.410 e. The second kappa shape index (κ2) is 6.12. The van der Waals surface area contributed by atoms with Crippen LogP contribution in [0.5, 0.6) is 0 Å². The highest BCUT2D eigenvalue weighted by atomic mass is 16.6. The number of nitrogens with one attached hydrogen (secondary N) is 1. The summed E-state index contributed by atoms with van der Waals surface area (Å²) >= 11 is 0. The van der Waals surface area contributed by atoms with Crippen molar-refractivity contribution in [3.05, 3.63) is 0 Å². The zero-order chi connectivity index (χ0) is 13.9. The molecule has 2 fully saturated rings. The highest BCUT2D eigenvalue weighted by Crippen LogP contribution is 2.29. The molecular formula is C15H28N2O2. The molecule has 2 aliphatic rings. The average molecular weight is 268 g/mol. The maximum absolute atomic E-state index is 12.1. The minimum atomic E-state index is -0.392. The van der Waals surface area contributed by atoms with Gasteiger partial charge in [-0.3, -0.25) is 0 Å². The molecule has 0 radical (unpaired) electrons. The lowest BCUT2D eigenvalue weighted by atomic mass is 9.81. The number of amides is 1. The van der Waals surface area contributed by atoms with Crippen molar-refractivity contribution < 1.29 is 9.53 Å². The van der Waals surface area contributed by atoms with E-state index in [9.17, 15) is 4.79 Å². The fourth-order valence-corrected chi connectivity index (χ4v) is 3.17. The van der Waals surface area contributed by atoms with Gasteiger partial charge in [-0.25, -0.2) is 4.79 Å². The standard InChI is InChI=1S/C15H28N2O2/c1-15(2,3)19-14(18)17-9-5-7-13(11-17)12-6-4-8-16-10-12/h12-13,16H,4-11H2,1-3H3/t12-,13+/m0/s1. The molecule has 4 heteroatoms. The normalized spacial score (nSPS) is 29.1. The Balaban J connectivity index is 1.87. The fourth-order valence-electron chi connectivity index (χ4n) is 3.17. The molecule has 1 amide bonds. The molecule has 2 atom stereocenters. The molecule has 0 aromatic rings. The molecular weight excluding hydrogens is 240 g/mol. The van der Waals surface area contributed by atoms with Gasteiger partial charge in [0.1, 0.15) is 5.60 Å². The second-order valence-electron chi connectivity index (χ2n) is 6.94. The Hall–Kier alpha value is -0.770. The quantitative estimate of drug-likeness (QED) is 0.795. The summed E-state index contributed by atoms with van der Waals surface area (Å²) in [6.45, 7) is 9.78. The molecule has 1 N–H and O–H groups in total.